The molecule has 0 saturated heterocycles. The Hall–Kier alpha value is -2.53. The minimum atomic E-state index is -0.589. The van der Waals surface area contributed by atoms with Gasteiger partial charge in [0.1, 0.15) is 0 Å². The zero-order chi connectivity index (χ0) is 16.7. The van der Waals surface area contributed by atoms with Crippen LogP contribution >= 0.6 is 0 Å². The third-order valence-corrected chi connectivity index (χ3v) is 3.57. The van der Waals surface area contributed by atoms with Gasteiger partial charge in [0.25, 0.3) is 0 Å². The molecule has 5 heteroatoms. The topological polar surface area (TPSA) is 73.6 Å². The van der Waals surface area contributed by atoms with Crippen molar-refractivity contribution in [2.24, 2.45) is 5.73 Å². The molecule has 2 aromatic carbocycles. The molecule has 1 amide bonds. The standard InChI is InChI=1S/C18H22N2O3/c1-22-16-10-6-9-14(17(16)23-2)12-20-18(21)15(19)11-13-7-4-3-5-8-13/h3-10,15H,11-12,19H2,1-2H3,(H,20,21). The van der Waals surface area contributed by atoms with Gasteiger partial charge >= 0.3 is 0 Å². The van der Waals surface area contributed by atoms with Crippen LogP contribution in [0.15, 0.2) is 48.5 Å². The number of carbonyl (C=O) groups excluding carboxylic acids is 1. The lowest BCUT2D eigenvalue weighted by Crippen LogP contribution is -2.41. The van der Waals surface area contributed by atoms with E-state index in [0.29, 0.717) is 24.5 Å². The number of amides is 1. The van der Waals surface area contributed by atoms with Crippen LogP contribution in [0.25, 0.3) is 0 Å². The fraction of sp³-hybridized carbons (Fsp3) is 0.278. The van der Waals surface area contributed by atoms with Crippen molar-refractivity contribution in [3.8, 4) is 11.5 Å². The second kappa shape index (κ2) is 8.19. The van der Waals surface area contributed by atoms with E-state index in [2.05, 4.69) is 5.32 Å². The van der Waals surface area contributed by atoms with Gasteiger partial charge < -0.3 is 20.5 Å². The molecule has 0 heterocycles. The van der Waals surface area contributed by atoms with Gasteiger partial charge in [0.05, 0.1) is 20.3 Å². The number of nitrogens with two attached hydrogens (primary N) is 1. The fourth-order valence-corrected chi connectivity index (χ4v) is 2.37. The van der Waals surface area contributed by atoms with Crippen LogP contribution in [0.1, 0.15) is 11.1 Å². The van der Waals surface area contributed by atoms with E-state index in [1.165, 1.54) is 0 Å². The van der Waals surface area contributed by atoms with Crippen LogP contribution in [0.2, 0.25) is 0 Å². The molecule has 0 saturated carbocycles. The van der Waals surface area contributed by atoms with E-state index in [9.17, 15) is 4.79 Å². The van der Waals surface area contributed by atoms with Crippen molar-refractivity contribution in [3.05, 3.63) is 59.7 Å². The lowest BCUT2D eigenvalue weighted by atomic mass is 10.1. The maximum Gasteiger partial charge on any atom is 0.237 e. The van der Waals surface area contributed by atoms with Crippen molar-refractivity contribution in [3.63, 3.8) is 0 Å². The number of hydrogen-bond acceptors (Lipinski definition) is 4. The summed E-state index contributed by atoms with van der Waals surface area (Å²) >= 11 is 0. The number of rotatable bonds is 7. The van der Waals surface area contributed by atoms with E-state index in [-0.39, 0.29) is 5.91 Å². The van der Waals surface area contributed by atoms with Gasteiger partial charge in [-0.3, -0.25) is 4.79 Å². The Kier molecular flexibility index (Phi) is 6.00. The summed E-state index contributed by atoms with van der Waals surface area (Å²) in [6.07, 6.45) is 0.502. The summed E-state index contributed by atoms with van der Waals surface area (Å²) in [5.74, 6) is 1.05. The summed E-state index contributed by atoms with van der Waals surface area (Å²) < 4.78 is 10.6. The van der Waals surface area contributed by atoms with E-state index in [1.54, 1.807) is 14.2 Å². The SMILES string of the molecule is COc1cccc(CNC(=O)C(N)Cc2ccccc2)c1OC. The first-order valence-corrected chi connectivity index (χ1v) is 7.42. The van der Waals surface area contributed by atoms with Crippen molar-refractivity contribution in [2.75, 3.05) is 14.2 Å². The quantitative estimate of drug-likeness (QED) is 0.818. The molecule has 1 unspecified atom stereocenters. The molecule has 23 heavy (non-hydrogen) atoms. The van der Waals surface area contributed by atoms with E-state index in [0.717, 1.165) is 11.1 Å². The zero-order valence-corrected chi connectivity index (χ0v) is 13.4. The Bertz CT molecular complexity index is 644. The number of nitrogens with one attached hydrogen (secondary N) is 1. The molecular weight excluding hydrogens is 292 g/mol. The second-order valence-electron chi connectivity index (χ2n) is 5.17. The summed E-state index contributed by atoms with van der Waals surface area (Å²) in [6.45, 7) is 0.335. The van der Waals surface area contributed by atoms with E-state index < -0.39 is 6.04 Å². The van der Waals surface area contributed by atoms with Crippen LogP contribution in [0.3, 0.4) is 0 Å². The highest BCUT2D eigenvalue weighted by molar-refractivity contribution is 5.81. The summed E-state index contributed by atoms with van der Waals surface area (Å²) in [7, 11) is 3.15. The normalized spacial score (nSPS) is 11.6. The lowest BCUT2D eigenvalue weighted by molar-refractivity contribution is -0.122. The zero-order valence-electron chi connectivity index (χ0n) is 13.4. The Morgan fingerprint density at radius 1 is 1.09 bits per heavy atom. The summed E-state index contributed by atoms with van der Waals surface area (Å²) in [5.41, 5.74) is 7.85. The van der Waals surface area contributed by atoms with Crippen molar-refractivity contribution in [2.45, 2.75) is 19.0 Å². The first-order chi connectivity index (χ1) is 11.2. The van der Waals surface area contributed by atoms with Gasteiger partial charge in [0.2, 0.25) is 5.91 Å². The van der Waals surface area contributed by atoms with Gasteiger partial charge in [-0.25, -0.2) is 0 Å². The Balaban J connectivity index is 1.96. The highest BCUT2D eigenvalue weighted by atomic mass is 16.5. The molecule has 1 atom stereocenters. The third-order valence-electron chi connectivity index (χ3n) is 3.57. The van der Waals surface area contributed by atoms with Crippen molar-refractivity contribution < 1.29 is 14.3 Å². The number of benzene rings is 2. The second-order valence-corrected chi connectivity index (χ2v) is 5.17. The average Bonchev–Trinajstić information content (AvgIpc) is 2.59. The molecule has 0 fully saturated rings. The number of para-hydroxylation sites is 1. The predicted octanol–water partition coefficient (Wildman–Crippen LogP) is 1.89. The Morgan fingerprint density at radius 3 is 2.48 bits per heavy atom. The van der Waals surface area contributed by atoms with Crippen molar-refractivity contribution in [1.29, 1.82) is 0 Å². The fourth-order valence-electron chi connectivity index (χ4n) is 2.37. The van der Waals surface area contributed by atoms with Crippen LogP contribution in [-0.4, -0.2) is 26.2 Å². The van der Waals surface area contributed by atoms with Gasteiger partial charge in [-0.1, -0.05) is 42.5 Å². The Morgan fingerprint density at radius 2 is 1.83 bits per heavy atom. The molecule has 2 aromatic rings. The summed E-state index contributed by atoms with van der Waals surface area (Å²) in [5, 5.41) is 2.85. The maximum atomic E-state index is 12.2. The number of hydrogen-bond donors (Lipinski definition) is 2. The molecule has 0 aliphatic carbocycles. The molecule has 122 valence electrons. The predicted molar refractivity (Wildman–Crippen MR) is 89.5 cm³/mol. The van der Waals surface area contributed by atoms with Crippen LogP contribution in [0, 0.1) is 0 Å². The molecule has 0 bridgehead atoms. The molecule has 0 aliphatic rings. The van der Waals surface area contributed by atoms with Crippen LogP contribution in [0.4, 0.5) is 0 Å². The lowest BCUT2D eigenvalue weighted by Gasteiger charge is -2.15. The monoisotopic (exact) mass is 314 g/mol. The van der Waals surface area contributed by atoms with E-state index in [4.69, 9.17) is 15.2 Å². The van der Waals surface area contributed by atoms with Gasteiger partial charge in [-0.15, -0.1) is 0 Å². The van der Waals surface area contributed by atoms with Crippen molar-refractivity contribution >= 4 is 5.91 Å². The van der Waals surface area contributed by atoms with Crippen LogP contribution < -0.4 is 20.5 Å². The minimum absolute atomic E-state index is 0.196. The number of ether oxygens (including phenoxy) is 2. The molecule has 2 rings (SSSR count). The minimum Gasteiger partial charge on any atom is -0.493 e. The van der Waals surface area contributed by atoms with Gasteiger partial charge in [-0.05, 0) is 18.1 Å². The molecule has 5 nitrogen and oxygen atoms in total. The summed E-state index contributed by atoms with van der Waals surface area (Å²) in [4.78, 5) is 12.2. The van der Waals surface area contributed by atoms with Gasteiger partial charge in [0.15, 0.2) is 11.5 Å². The largest absolute Gasteiger partial charge is 0.493 e. The van der Waals surface area contributed by atoms with E-state index in [1.807, 2.05) is 48.5 Å². The Labute approximate surface area is 136 Å². The van der Waals surface area contributed by atoms with Crippen LogP contribution in [0.5, 0.6) is 11.5 Å². The summed E-state index contributed by atoms with van der Waals surface area (Å²) in [6, 6.07) is 14.7. The smallest absolute Gasteiger partial charge is 0.237 e. The molecule has 0 aromatic heterocycles. The molecule has 0 spiro atoms. The van der Waals surface area contributed by atoms with Gasteiger partial charge in [-0.2, -0.15) is 0 Å². The number of methoxy groups -OCH3 is 2. The first-order valence-electron chi connectivity index (χ1n) is 7.42. The highest BCUT2D eigenvalue weighted by Crippen LogP contribution is 2.30. The van der Waals surface area contributed by atoms with Crippen LogP contribution in [-0.2, 0) is 17.8 Å². The molecule has 0 aliphatic heterocycles. The van der Waals surface area contributed by atoms with Gasteiger partial charge in [0, 0.05) is 12.1 Å². The maximum absolute atomic E-state index is 12.2. The highest BCUT2D eigenvalue weighted by Gasteiger charge is 2.15. The van der Waals surface area contributed by atoms with Crippen molar-refractivity contribution in [1.82, 2.24) is 5.32 Å². The number of carbonyl (C=O) groups is 1. The molecular formula is C18H22N2O3. The van der Waals surface area contributed by atoms with E-state index >= 15 is 0 Å². The third kappa shape index (κ3) is 4.47. The first kappa shape index (κ1) is 16.8. The molecule has 0 radical (unpaired) electrons. The average molecular weight is 314 g/mol. The molecule has 3 N–H and O–H groups in total.